The smallest absolute Gasteiger partial charge is 0.368 e. The van der Waals surface area contributed by atoms with Gasteiger partial charge in [-0.15, -0.1) is 13.2 Å². The SMILES string of the molecule is C=C[Si](C)(C)OC.C=C[Si](C)(C)OC.CO[Si](C)(C)c1ccccc1.CO[Si](C)(OC)c1ccccc1. The first-order chi connectivity index (χ1) is 17.1. The molecule has 2 aromatic rings. The van der Waals surface area contributed by atoms with Crippen LogP contribution in [-0.2, 0) is 22.1 Å². The maximum Gasteiger partial charge on any atom is 0.368 e. The van der Waals surface area contributed by atoms with Crippen molar-refractivity contribution in [1.82, 2.24) is 0 Å². The molecule has 0 unspecified atom stereocenters. The minimum atomic E-state index is -2.07. The summed E-state index contributed by atoms with van der Waals surface area (Å²) < 4.78 is 26.5. The highest BCUT2D eigenvalue weighted by Gasteiger charge is 2.31. The summed E-state index contributed by atoms with van der Waals surface area (Å²) in [7, 11) is 2.24. The van der Waals surface area contributed by atoms with Crippen molar-refractivity contribution in [2.24, 2.45) is 0 Å². The molecule has 0 N–H and O–H groups in total. The van der Waals surface area contributed by atoms with E-state index in [0.29, 0.717) is 0 Å². The Morgan fingerprint density at radius 3 is 1.03 bits per heavy atom. The highest BCUT2D eigenvalue weighted by atomic mass is 28.4. The lowest BCUT2D eigenvalue weighted by atomic mass is 10.4. The van der Waals surface area contributed by atoms with E-state index in [9.17, 15) is 0 Å². The molecule has 210 valence electrons. The molecule has 0 radical (unpaired) electrons. The quantitative estimate of drug-likeness (QED) is 0.334. The average molecular weight is 581 g/mol. The molecule has 0 fully saturated rings. The third-order valence-electron chi connectivity index (χ3n) is 6.09. The van der Waals surface area contributed by atoms with E-state index in [4.69, 9.17) is 22.1 Å². The highest BCUT2D eigenvalue weighted by molar-refractivity contribution is 6.84. The molecule has 0 amide bonds. The number of hydrogen-bond acceptors (Lipinski definition) is 5. The van der Waals surface area contributed by atoms with Gasteiger partial charge in [-0.2, -0.15) is 0 Å². The first-order valence-electron chi connectivity index (χ1n) is 12.3. The molecule has 0 aromatic heterocycles. The summed E-state index contributed by atoms with van der Waals surface area (Å²) in [6.07, 6.45) is 0. The van der Waals surface area contributed by atoms with Crippen LogP contribution in [0.15, 0.2) is 85.2 Å². The first kappa shape index (κ1) is 37.7. The number of rotatable bonds is 9. The van der Waals surface area contributed by atoms with E-state index < -0.39 is 33.5 Å². The molecule has 0 spiro atoms. The Morgan fingerprint density at radius 2 is 0.811 bits per heavy atom. The Morgan fingerprint density at radius 1 is 0.486 bits per heavy atom. The maximum absolute atomic E-state index is 5.46. The molecular weight excluding hydrogens is 529 g/mol. The summed E-state index contributed by atoms with van der Waals surface area (Å²) in [5, 5.41) is 2.51. The molecule has 0 bridgehead atoms. The van der Waals surface area contributed by atoms with Gasteiger partial charge < -0.3 is 22.1 Å². The van der Waals surface area contributed by atoms with Crippen molar-refractivity contribution in [3.8, 4) is 0 Å². The predicted molar refractivity (Wildman–Crippen MR) is 172 cm³/mol. The molecule has 9 heteroatoms. The summed E-state index contributed by atoms with van der Waals surface area (Å²) in [5.41, 5.74) is 3.82. The van der Waals surface area contributed by atoms with E-state index in [1.165, 1.54) is 5.19 Å². The Bertz CT molecular complexity index is 835. The lowest BCUT2D eigenvalue weighted by Crippen LogP contribution is -2.49. The number of benzene rings is 2. The van der Waals surface area contributed by atoms with Gasteiger partial charge in [-0.05, 0) is 56.2 Å². The molecule has 0 aliphatic rings. The first-order valence-corrected chi connectivity index (χ1v) is 23.5. The monoisotopic (exact) mass is 580 g/mol. The van der Waals surface area contributed by atoms with Gasteiger partial charge in [0, 0.05) is 35.5 Å². The van der Waals surface area contributed by atoms with Crippen molar-refractivity contribution in [3.05, 3.63) is 85.2 Å². The molecule has 0 aliphatic carbocycles. The summed E-state index contributed by atoms with van der Waals surface area (Å²) >= 11 is 0. The average Bonchev–Trinajstić information content (AvgIpc) is 2.94. The molecule has 0 atom stereocenters. The largest absolute Gasteiger partial charge is 0.417 e. The van der Waals surface area contributed by atoms with Crippen LogP contribution in [-0.4, -0.2) is 69.1 Å². The van der Waals surface area contributed by atoms with Gasteiger partial charge >= 0.3 is 8.56 Å². The van der Waals surface area contributed by atoms with Crippen molar-refractivity contribution >= 4 is 43.9 Å². The minimum Gasteiger partial charge on any atom is -0.417 e. The molecule has 0 heterocycles. The fraction of sp³-hybridized carbons (Fsp3) is 0.429. The summed E-state index contributed by atoms with van der Waals surface area (Å²) in [5.74, 6) is 0. The van der Waals surface area contributed by atoms with Crippen LogP contribution in [0.25, 0.3) is 0 Å². The van der Waals surface area contributed by atoms with Gasteiger partial charge in [0.05, 0.1) is 0 Å². The molecule has 0 saturated carbocycles. The van der Waals surface area contributed by atoms with Gasteiger partial charge in [0.2, 0.25) is 25.0 Å². The van der Waals surface area contributed by atoms with Gasteiger partial charge in [-0.25, -0.2) is 0 Å². The van der Waals surface area contributed by atoms with E-state index in [2.05, 4.69) is 76.7 Å². The lowest BCUT2D eigenvalue weighted by molar-refractivity contribution is 0.265. The van der Waals surface area contributed by atoms with Gasteiger partial charge in [0.15, 0.2) is 0 Å². The van der Waals surface area contributed by atoms with Crippen LogP contribution in [0.5, 0.6) is 0 Å². The van der Waals surface area contributed by atoms with E-state index >= 15 is 0 Å². The fourth-order valence-electron chi connectivity index (χ4n) is 2.18. The van der Waals surface area contributed by atoms with Crippen molar-refractivity contribution in [3.63, 3.8) is 0 Å². The van der Waals surface area contributed by atoms with Crippen LogP contribution in [0.2, 0.25) is 45.8 Å². The van der Waals surface area contributed by atoms with Crippen molar-refractivity contribution in [2.45, 2.75) is 45.8 Å². The topological polar surface area (TPSA) is 46.2 Å². The molecule has 0 saturated heterocycles. The van der Waals surface area contributed by atoms with E-state index in [1.54, 1.807) is 35.5 Å². The lowest BCUT2D eigenvalue weighted by Gasteiger charge is -2.22. The normalized spacial score (nSPS) is 11.5. The second-order valence-electron chi connectivity index (χ2n) is 9.82. The van der Waals surface area contributed by atoms with E-state index in [0.717, 1.165) is 5.19 Å². The summed E-state index contributed by atoms with van der Waals surface area (Å²) in [6.45, 7) is 22.1. The van der Waals surface area contributed by atoms with Gasteiger partial charge in [-0.3, -0.25) is 0 Å². The molecular formula is C28H52O5Si4. The van der Waals surface area contributed by atoms with Crippen LogP contribution in [0, 0.1) is 0 Å². The third-order valence-corrected chi connectivity index (χ3v) is 15.8. The maximum atomic E-state index is 5.46. The second-order valence-corrected chi connectivity index (χ2v) is 25.2. The van der Waals surface area contributed by atoms with Gasteiger partial charge in [-0.1, -0.05) is 72.1 Å². The molecule has 37 heavy (non-hydrogen) atoms. The minimum absolute atomic E-state index is 1.16. The zero-order valence-corrected chi connectivity index (χ0v) is 29.4. The van der Waals surface area contributed by atoms with Crippen LogP contribution in [0.3, 0.4) is 0 Å². The Balaban J connectivity index is 0. The van der Waals surface area contributed by atoms with Crippen molar-refractivity contribution < 1.29 is 22.1 Å². The van der Waals surface area contributed by atoms with Crippen molar-refractivity contribution in [1.29, 1.82) is 0 Å². The summed E-state index contributed by atoms with van der Waals surface area (Å²) in [4.78, 5) is 0. The Kier molecular flexibility index (Phi) is 19.1. The zero-order valence-electron chi connectivity index (χ0n) is 25.4. The third kappa shape index (κ3) is 16.2. The fourth-order valence-corrected chi connectivity index (χ4v) is 5.18. The Labute approximate surface area is 232 Å². The second kappa shape index (κ2) is 18.8. The predicted octanol–water partition coefficient (Wildman–Crippen LogP) is 6.13. The molecule has 2 rings (SSSR count). The van der Waals surface area contributed by atoms with Crippen LogP contribution in [0.4, 0.5) is 0 Å². The van der Waals surface area contributed by atoms with E-state index in [1.807, 2.05) is 54.3 Å². The summed E-state index contributed by atoms with van der Waals surface area (Å²) in [6, 6.07) is 20.5. The molecule has 0 aliphatic heterocycles. The zero-order chi connectivity index (χ0) is 29.2. The van der Waals surface area contributed by atoms with Gasteiger partial charge in [0.1, 0.15) is 0 Å². The standard InChI is InChI=1S/C9H14O2Si.C9H14OSi.2C5H12OSi/c1-10-12(3,11-2)9-7-5-4-6-8-9;1-10-11(2,3)9-7-5-4-6-8-9;2*1-5-7(3,4)6-2/h4-8H,1-3H3;4-8H,1-3H3;2*5H,1H2,2-4H3. The number of hydrogen-bond donors (Lipinski definition) is 0. The van der Waals surface area contributed by atoms with Crippen molar-refractivity contribution in [2.75, 3.05) is 35.5 Å². The van der Waals surface area contributed by atoms with E-state index in [-0.39, 0.29) is 0 Å². The van der Waals surface area contributed by atoms with Crippen LogP contribution < -0.4 is 10.4 Å². The van der Waals surface area contributed by atoms with Crippen LogP contribution in [0.1, 0.15) is 0 Å². The highest BCUT2D eigenvalue weighted by Crippen LogP contribution is 2.05. The Hall–Kier alpha value is -1.41. The molecule has 2 aromatic carbocycles. The molecule has 5 nitrogen and oxygen atoms in total. The van der Waals surface area contributed by atoms with Crippen LogP contribution >= 0.6 is 0 Å². The van der Waals surface area contributed by atoms with Gasteiger partial charge in [0.25, 0.3) is 0 Å².